The average molecular weight is 478 g/mol. The van der Waals surface area contributed by atoms with E-state index in [0.29, 0.717) is 0 Å². The van der Waals surface area contributed by atoms with E-state index in [9.17, 15) is 0 Å². The molecule has 0 atom stereocenters. The largest absolute Gasteiger partial charge is 0.494 e. The Hall–Kier alpha value is -2.72. The van der Waals surface area contributed by atoms with Crippen molar-refractivity contribution in [3.05, 3.63) is 74.1 Å². The number of hydrogen-bond donors (Lipinski definition) is 2. The van der Waals surface area contributed by atoms with Gasteiger partial charge in [0.15, 0.2) is 0 Å². The minimum absolute atomic E-state index is 0.717. The van der Waals surface area contributed by atoms with Crippen molar-refractivity contribution in [3.63, 3.8) is 0 Å². The Morgan fingerprint density at radius 2 is 1.68 bits per heavy atom. The van der Waals surface area contributed by atoms with Crippen LogP contribution >= 0.6 is 11.6 Å². The summed E-state index contributed by atoms with van der Waals surface area (Å²) in [4.78, 5) is 11.8. The maximum atomic E-state index is 6.13. The van der Waals surface area contributed by atoms with Gasteiger partial charge in [-0.2, -0.15) is 0 Å². The lowest BCUT2D eigenvalue weighted by molar-refractivity contribution is 0.412. The van der Waals surface area contributed by atoms with E-state index in [4.69, 9.17) is 21.3 Å². The molecule has 4 nitrogen and oxygen atoms in total. The second-order valence-electron chi connectivity index (χ2n) is 9.17. The molecule has 0 radical (unpaired) electrons. The molecule has 5 heteroatoms. The molecule has 2 aromatic heterocycles. The van der Waals surface area contributed by atoms with Crippen LogP contribution in [0.15, 0.2) is 41.4 Å². The highest BCUT2D eigenvalue weighted by Crippen LogP contribution is 2.13. The number of hydrogen-bond acceptors (Lipinski definition) is 2. The first kappa shape index (κ1) is 24.4. The normalized spacial score (nSPS) is 14.7. The minimum atomic E-state index is 0.717. The molecule has 0 fully saturated rings. The molecule has 0 bridgehead atoms. The molecule has 3 heterocycles. The van der Waals surface area contributed by atoms with Crippen LogP contribution in [0.2, 0.25) is 5.02 Å². The van der Waals surface area contributed by atoms with Crippen LogP contribution in [0.5, 0.6) is 5.75 Å². The van der Waals surface area contributed by atoms with E-state index in [0.717, 1.165) is 49.9 Å². The second kappa shape index (κ2) is 12.1. The third-order valence-corrected chi connectivity index (χ3v) is 6.68. The molecule has 0 saturated carbocycles. The third-order valence-electron chi connectivity index (χ3n) is 6.45. The van der Waals surface area contributed by atoms with Crippen LogP contribution < -0.4 is 26.0 Å². The molecule has 0 unspecified atom stereocenters. The van der Waals surface area contributed by atoms with Crippen LogP contribution in [0, 0.1) is 0 Å². The summed E-state index contributed by atoms with van der Waals surface area (Å²) < 4.78 is 5.63. The number of nitrogens with one attached hydrogen (secondary N) is 2. The van der Waals surface area contributed by atoms with E-state index >= 15 is 0 Å². The number of halogens is 1. The van der Waals surface area contributed by atoms with Crippen molar-refractivity contribution in [2.45, 2.75) is 71.1 Å². The summed E-state index contributed by atoms with van der Waals surface area (Å²) in [6.07, 6.45) is 17.4. The van der Waals surface area contributed by atoms with Gasteiger partial charge < -0.3 is 14.7 Å². The molecule has 0 saturated heterocycles. The highest BCUT2D eigenvalue weighted by Gasteiger charge is 2.07. The molecule has 0 spiro atoms. The van der Waals surface area contributed by atoms with E-state index in [1.54, 1.807) is 7.11 Å². The molecular weight excluding hydrogens is 442 g/mol. The van der Waals surface area contributed by atoms with Crippen molar-refractivity contribution < 1.29 is 4.74 Å². The maximum absolute atomic E-state index is 6.13. The number of rotatable bonds is 12. The number of nitrogens with zero attached hydrogens (tertiary/aromatic N) is 1. The van der Waals surface area contributed by atoms with Crippen LogP contribution in [-0.2, 0) is 6.42 Å². The summed E-state index contributed by atoms with van der Waals surface area (Å²) in [5, 5.41) is 4.54. The SMILES string of the molecule is CCCCCCCCCCCc1ccc(/C=c2/[nH]/c(=C3/C=c4cc(Cl)ccc4=N3)cc2OC)[nH]1. The fourth-order valence-electron chi connectivity index (χ4n) is 4.53. The molecule has 1 aliphatic rings. The Kier molecular flexibility index (Phi) is 8.70. The average Bonchev–Trinajstić information content (AvgIpc) is 3.56. The molecule has 3 aromatic rings. The first-order valence-electron chi connectivity index (χ1n) is 12.7. The first-order valence-corrected chi connectivity index (χ1v) is 13.1. The molecule has 2 N–H and O–H groups in total. The van der Waals surface area contributed by atoms with E-state index in [-0.39, 0.29) is 0 Å². The van der Waals surface area contributed by atoms with Crippen LogP contribution in [0.1, 0.15) is 76.1 Å². The Morgan fingerprint density at radius 3 is 2.44 bits per heavy atom. The van der Waals surface area contributed by atoms with Crippen LogP contribution in [0.4, 0.5) is 0 Å². The molecule has 1 aliphatic heterocycles. The number of unbranched alkanes of at least 4 members (excludes halogenated alkanes) is 8. The fourth-order valence-corrected chi connectivity index (χ4v) is 4.71. The van der Waals surface area contributed by atoms with E-state index in [1.165, 1.54) is 63.5 Å². The van der Waals surface area contributed by atoms with E-state index < -0.39 is 0 Å². The predicted molar refractivity (Wildman–Crippen MR) is 142 cm³/mol. The number of aromatic nitrogens is 2. The summed E-state index contributed by atoms with van der Waals surface area (Å²) in [5.41, 5.74) is 3.25. The van der Waals surface area contributed by atoms with Gasteiger partial charge in [0.05, 0.1) is 28.9 Å². The number of aromatic amines is 2. The molecule has 4 rings (SSSR count). The van der Waals surface area contributed by atoms with Gasteiger partial charge in [-0.25, -0.2) is 4.99 Å². The highest BCUT2D eigenvalue weighted by molar-refractivity contribution is 6.30. The minimum Gasteiger partial charge on any atom is -0.494 e. The number of H-pyrrole nitrogens is 2. The standard InChI is InChI=1S/C29H36ClN3O/c1-3-4-5-6-7-8-9-10-11-12-23-14-15-24(31-23)19-28-29(34-2)20-27(33-28)26-18-21-17-22(30)13-16-25(21)32-26/h13-20,31,33H,3-12H2,1-2H3/b27-26-,28-19+. The quantitative estimate of drug-likeness (QED) is 0.349. The Morgan fingerprint density at radius 1 is 0.912 bits per heavy atom. The maximum Gasteiger partial charge on any atom is 0.144 e. The molecule has 0 amide bonds. The molecule has 34 heavy (non-hydrogen) atoms. The first-order chi connectivity index (χ1) is 16.7. The summed E-state index contributed by atoms with van der Waals surface area (Å²) in [6.45, 7) is 2.27. The van der Waals surface area contributed by atoms with Gasteiger partial charge in [-0.15, -0.1) is 0 Å². The van der Waals surface area contributed by atoms with Gasteiger partial charge >= 0.3 is 0 Å². The van der Waals surface area contributed by atoms with Crippen molar-refractivity contribution in [1.29, 1.82) is 0 Å². The monoisotopic (exact) mass is 477 g/mol. The van der Waals surface area contributed by atoms with Crippen LogP contribution in [0.25, 0.3) is 17.8 Å². The molecule has 180 valence electrons. The smallest absolute Gasteiger partial charge is 0.144 e. The number of benzene rings is 1. The van der Waals surface area contributed by atoms with Gasteiger partial charge in [0.1, 0.15) is 5.75 Å². The second-order valence-corrected chi connectivity index (χ2v) is 9.61. The lowest BCUT2D eigenvalue weighted by atomic mass is 10.1. The Bertz CT molecular complexity index is 1330. The highest BCUT2D eigenvalue weighted by atomic mass is 35.5. The zero-order valence-corrected chi connectivity index (χ0v) is 21.2. The van der Waals surface area contributed by atoms with Crippen molar-refractivity contribution in [3.8, 4) is 5.75 Å². The number of ether oxygens (including phenoxy) is 1. The van der Waals surface area contributed by atoms with Gasteiger partial charge in [0.25, 0.3) is 0 Å². The number of methoxy groups -OCH3 is 1. The predicted octanol–water partition coefficient (Wildman–Crippen LogP) is 5.13. The van der Waals surface area contributed by atoms with Gasteiger partial charge in [0, 0.05) is 27.7 Å². The van der Waals surface area contributed by atoms with Gasteiger partial charge in [0.2, 0.25) is 0 Å². The van der Waals surface area contributed by atoms with E-state index in [2.05, 4.69) is 35.1 Å². The van der Waals surface area contributed by atoms with Gasteiger partial charge in [-0.3, -0.25) is 0 Å². The van der Waals surface area contributed by atoms with Crippen LogP contribution in [0.3, 0.4) is 0 Å². The number of fused-ring (bicyclic) bond motifs is 1. The van der Waals surface area contributed by atoms with Gasteiger partial charge in [-0.1, -0.05) is 69.9 Å². The van der Waals surface area contributed by atoms with Crippen molar-refractivity contribution in [2.24, 2.45) is 4.99 Å². The Labute approximate surface area is 207 Å². The van der Waals surface area contributed by atoms with Crippen LogP contribution in [-0.4, -0.2) is 17.1 Å². The van der Waals surface area contributed by atoms with Crippen molar-refractivity contribution in [1.82, 2.24) is 9.97 Å². The van der Waals surface area contributed by atoms with Crippen molar-refractivity contribution in [2.75, 3.05) is 7.11 Å². The van der Waals surface area contributed by atoms with E-state index in [1.807, 2.05) is 30.3 Å². The topological polar surface area (TPSA) is 53.2 Å². The zero-order chi connectivity index (χ0) is 23.8. The zero-order valence-electron chi connectivity index (χ0n) is 20.4. The summed E-state index contributed by atoms with van der Waals surface area (Å²) in [7, 11) is 1.70. The lowest BCUT2D eigenvalue weighted by Crippen LogP contribution is -2.20. The fraction of sp³-hybridized carbons (Fsp3) is 0.414. The lowest BCUT2D eigenvalue weighted by Gasteiger charge is -2.01. The molecule has 0 aliphatic carbocycles. The summed E-state index contributed by atoms with van der Waals surface area (Å²) in [5.74, 6) is 0.801. The summed E-state index contributed by atoms with van der Waals surface area (Å²) in [6, 6.07) is 12.1. The summed E-state index contributed by atoms with van der Waals surface area (Å²) >= 11 is 6.13. The molecule has 1 aromatic carbocycles. The van der Waals surface area contributed by atoms with Crippen molar-refractivity contribution >= 4 is 29.5 Å². The number of aryl methyl sites for hydroxylation is 1. The van der Waals surface area contributed by atoms with Gasteiger partial charge in [-0.05, 0) is 55.3 Å². The molecular formula is C29H36ClN3O. The third kappa shape index (κ3) is 6.44. The Balaban J connectivity index is 1.38.